The maximum atomic E-state index is 8.55. The summed E-state index contributed by atoms with van der Waals surface area (Å²) in [6, 6.07) is 0. The van der Waals surface area contributed by atoms with Gasteiger partial charge in [-0.3, -0.25) is 0 Å². The van der Waals surface area contributed by atoms with E-state index >= 15 is 0 Å². The van der Waals surface area contributed by atoms with E-state index in [1.54, 1.807) is 0 Å². The van der Waals surface area contributed by atoms with Gasteiger partial charge in [-0.2, -0.15) is 7.82 Å². The van der Waals surface area contributed by atoms with Crippen LogP contribution in [0.1, 0.15) is 0 Å². The van der Waals surface area contributed by atoms with Crippen LogP contribution in [0.3, 0.4) is 0 Å². The Balaban J connectivity index is -0.0000000154. The molecule has 0 aliphatic carbocycles. The van der Waals surface area contributed by atoms with Crippen molar-refractivity contribution in [1.82, 2.24) is 0 Å². The van der Waals surface area contributed by atoms with Gasteiger partial charge in [0.15, 0.2) is 0 Å². The molecule has 0 aliphatic rings. The van der Waals surface area contributed by atoms with Gasteiger partial charge in [0.2, 0.25) is 0 Å². The molecular formula is H2GeLi3O4PS. The molecule has 4 nitrogen and oxygen atoms in total. The van der Waals surface area contributed by atoms with E-state index in [-0.39, 0.29) is 56.6 Å². The number of hydrogen-bond donors (Lipinski definition) is 0. The molecule has 0 heterocycles. The van der Waals surface area contributed by atoms with Crippen molar-refractivity contribution in [2.75, 3.05) is 0 Å². The van der Waals surface area contributed by atoms with E-state index in [2.05, 4.69) is 10.5 Å². The van der Waals surface area contributed by atoms with Crippen LogP contribution < -0.4 is 71.3 Å². The molecule has 0 radical (unpaired) electrons. The SMILES string of the molecule is O=P([O-])([O-])[O-].[Li+].[Li+].[Li+].[S]=[GeH2]. The zero-order valence-electron chi connectivity index (χ0n) is 6.20. The summed E-state index contributed by atoms with van der Waals surface area (Å²) in [4.78, 5) is 25.6. The third-order valence-electron chi connectivity index (χ3n) is 0. The van der Waals surface area contributed by atoms with Crippen molar-refractivity contribution in [1.29, 1.82) is 0 Å². The van der Waals surface area contributed by atoms with E-state index in [0.717, 1.165) is 14.9 Å². The monoisotopic (exact) mass is 224 g/mol. The first-order chi connectivity index (χ1) is 3.00. The molecule has 44 valence electrons. The second-order valence-electron chi connectivity index (χ2n) is 0.447. The standard InChI is InChI=1S/GeH2S.3Li.H3O4P/c1-2;;;;1-5(2,3)4/h1H2;;;;(H3,1,2,3,4)/q;3*+1;/p-3. The Kier molecular flexibility index (Phi) is 51.8. The molecule has 0 saturated heterocycles. The van der Waals surface area contributed by atoms with Gasteiger partial charge >= 0.3 is 81.9 Å². The first-order valence-electron chi connectivity index (χ1n) is 1.02. The van der Waals surface area contributed by atoms with Gasteiger partial charge in [0, 0.05) is 0 Å². The van der Waals surface area contributed by atoms with Crippen molar-refractivity contribution in [2.24, 2.45) is 0 Å². The zero-order chi connectivity index (χ0) is 6.50. The van der Waals surface area contributed by atoms with Crippen molar-refractivity contribution >= 4 is 33.1 Å². The topological polar surface area (TPSA) is 86.2 Å². The molecule has 0 N–H and O–H groups in total. The molecule has 0 spiro atoms. The second-order valence-corrected chi connectivity index (χ2v) is 1.34. The van der Waals surface area contributed by atoms with Crippen molar-refractivity contribution in [3.8, 4) is 0 Å². The summed E-state index contributed by atoms with van der Waals surface area (Å²) >= 11 is 0.958. The Morgan fingerprint density at radius 2 is 1.00 bits per heavy atom. The molecule has 0 amide bonds. The third-order valence-corrected chi connectivity index (χ3v) is 0. The van der Waals surface area contributed by atoms with Crippen LogP contribution in [0.5, 0.6) is 0 Å². The van der Waals surface area contributed by atoms with Gasteiger partial charge in [0.25, 0.3) is 0 Å². The molecule has 0 rings (SSSR count). The molecule has 0 aromatic heterocycles. The van der Waals surface area contributed by atoms with E-state index in [9.17, 15) is 0 Å². The van der Waals surface area contributed by atoms with Gasteiger partial charge in [-0.05, 0) is 0 Å². The van der Waals surface area contributed by atoms with Crippen LogP contribution in [0.25, 0.3) is 0 Å². The summed E-state index contributed by atoms with van der Waals surface area (Å²) in [7, 11) is -1.18. The quantitative estimate of drug-likeness (QED) is 0.300. The molecule has 0 aliphatic heterocycles. The Hall–Kier alpha value is 2.67. The fraction of sp³-hybridized carbons (Fsp3) is 0. The Morgan fingerprint density at radius 3 is 1.00 bits per heavy atom. The average molecular weight is 222 g/mol. The second kappa shape index (κ2) is 17.7. The van der Waals surface area contributed by atoms with Gasteiger partial charge in [0.1, 0.15) is 0 Å². The van der Waals surface area contributed by atoms with E-state index in [4.69, 9.17) is 19.2 Å². The van der Waals surface area contributed by atoms with E-state index < -0.39 is 7.82 Å². The zero-order valence-corrected chi connectivity index (χ0v) is 10.9. The summed E-state index contributed by atoms with van der Waals surface area (Å²) in [5, 5.41) is 0. The summed E-state index contributed by atoms with van der Waals surface area (Å²) in [6.07, 6.45) is 0. The van der Waals surface area contributed by atoms with Crippen molar-refractivity contribution in [3.05, 3.63) is 0 Å². The molecule has 10 heteroatoms. The van der Waals surface area contributed by atoms with Crippen LogP contribution in [0.4, 0.5) is 0 Å². The first-order valence-corrected chi connectivity index (χ1v) is 6.69. The summed E-state index contributed by atoms with van der Waals surface area (Å²) < 4.78 is 8.55. The first kappa shape index (κ1) is 29.3. The Morgan fingerprint density at radius 1 is 1.00 bits per heavy atom. The molecule has 0 atom stereocenters. The van der Waals surface area contributed by atoms with Gasteiger partial charge in [-0.15, -0.1) is 0 Å². The summed E-state index contributed by atoms with van der Waals surface area (Å²) in [6.45, 7) is 0. The predicted octanol–water partition coefficient (Wildman–Crippen LogP) is -12.1. The molecule has 0 aromatic rings. The Labute approximate surface area is 108 Å². The Bertz CT molecular complexity index is 76.3. The fourth-order valence-corrected chi connectivity index (χ4v) is 0. The van der Waals surface area contributed by atoms with Crippen LogP contribution in [-0.4, -0.2) is 14.9 Å². The summed E-state index contributed by atoms with van der Waals surface area (Å²) in [5.41, 5.74) is 0. The third kappa shape index (κ3) is 140. The van der Waals surface area contributed by atoms with Crippen LogP contribution in [0, 0.1) is 0 Å². The molecule has 0 unspecified atom stereocenters. The van der Waals surface area contributed by atoms with Crippen LogP contribution >= 0.6 is 18.3 Å². The van der Waals surface area contributed by atoms with Gasteiger partial charge < -0.3 is 19.2 Å². The molecular weight excluding hydrogens is 220 g/mol. The maximum absolute atomic E-state index is 8.55. The molecule has 0 fully saturated rings. The van der Waals surface area contributed by atoms with Crippen molar-refractivity contribution < 1.29 is 75.8 Å². The van der Waals surface area contributed by atoms with Crippen LogP contribution in [-0.2, 0) is 4.57 Å². The molecule has 0 saturated carbocycles. The van der Waals surface area contributed by atoms with Crippen LogP contribution in [0.2, 0.25) is 0 Å². The van der Waals surface area contributed by atoms with E-state index in [0.29, 0.717) is 0 Å². The molecule has 0 bridgehead atoms. The normalized spacial score (nSPS) is 6.30. The van der Waals surface area contributed by atoms with Crippen LogP contribution in [0.15, 0.2) is 0 Å². The van der Waals surface area contributed by atoms with Crippen molar-refractivity contribution in [2.45, 2.75) is 0 Å². The summed E-state index contributed by atoms with van der Waals surface area (Å²) in [5.74, 6) is 0. The minimum absolute atomic E-state index is 0. The van der Waals surface area contributed by atoms with Gasteiger partial charge in [-0.25, -0.2) is 0 Å². The molecule has 0 aromatic carbocycles. The van der Waals surface area contributed by atoms with E-state index in [1.807, 2.05) is 0 Å². The average Bonchev–Trinajstić information content (AvgIpc) is 1.36. The number of rotatable bonds is 0. The van der Waals surface area contributed by atoms with Crippen molar-refractivity contribution in [3.63, 3.8) is 0 Å². The van der Waals surface area contributed by atoms with Gasteiger partial charge in [0.05, 0.1) is 0 Å². The number of hydrogen-bond acceptors (Lipinski definition) is 5. The van der Waals surface area contributed by atoms with E-state index in [1.165, 1.54) is 0 Å². The number of phosphoric acid groups is 1. The molecule has 10 heavy (non-hydrogen) atoms. The minimum atomic E-state index is -5.39. The fourth-order valence-electron chi connectivity index (χ4n) is 0. The predicted molar refractivity (Wildman–Crippen MR) is 23.7 cm³/mol. The van der Waals surface area contributed by atoms with Gasteiger partial charge in [-0.1, -0.05) is 0 Å².